The predicted octanol–water partition coefficient (Wildman–Crippen LogP) is 8.10. The molecule has 1 amide bonds. The molecule has 0 spiro atoms. The van der Waals surface area contributed by atoms with Crippen LogP contribution in [-0.4, -0.2) is 46.1 Å². The van der Waals surface area contributed by atoms with Gasteiger partial charge < -0.3 is 14.6 Å². The van der Waals surface area contributed by atoms with E-state index in [9.17, 15) is 18.0 Å². The van der Waals surface area contributed by atoms with Gasteiger partial charge in [0.05, 0.1) is 11.1 Å². The molecule has 1 N–H and O–H groups in total. The van der Waals surface area contributed by atoms with Crippen LogP contribution >= 0.6 is 11.9 Å². The van der Waals surface area contributed by atoms with Gasteiger partial charge in [-0.25, -0.2) is 4.31 Å². The molecule has 1 aromatic carbocycles. The summed E-state index contributed by atoms with van der Waals surface area (Å²) >= 11 is 1.15. The summed E-state index contributed by atoms with van der Waals surface area (Å²) < 4.78 is 52.8. The minimum atomic E-state index is -4.51. The maximum absolute atomic E-state index is 14.4. The molecule has 2 aromatic rings. The number of hydrogen-bond donors (Lipinski definition) is 1. The zero-order chi connectivity index (χ0) is 29.1. The molecule has 5 nitrogen and oxygen atoms in total. The number of rotatable bonds is 8. The molecule has 40 heavy (non-hydrogen) atoms. The lowest BCUT2D eigenvalue weighted by molar-refractivity contribution is -0.139. The van der Waals surface area contributed by atoms with E-state index < -0.39 is 11.7 Å². The monoisotopic (exact) mass is 579 g/mol. The van der Waals surface area contributed by atoms with Gasteiger partial charge in [0.1, 0.15) is 0 Å². The Kier molecular flexibility index (Phi) is 9.99. The van der Waals surface area contributed by atoms with Crippen LogP contribution in [0.2, 0.25) is 0 Å². The Hall–Kier alpha value is -1.97. The number of aromatic nitrogens is 1. The topological polar surface area (TPSA) is 46.5 Å². The van der Waals surface area contributed by atoms with Crippen molar-refractivity contribution in [3.8, 4) is 11.3 Å². The summed E-state index contributed by atoms with van der Waals surface area (Å²) in [6.45, 7) is 12.4. The Balaban J connectivity index is 1.74. The van der Waals surface area contributed by atoms with Crippen LogP contribution in [0.1, 0.15) is 94.3 Å². The predicted molar refractivity (Wildman–Crippen MR) is 155 cm³/mol. The first-order chi connectivity index (χ1) is 18.9. The van der Waals surface area contributed by atoms with Crippen LogP contribution in [0.25, 0.3) is 11.3 Å². The Morgan fingerprint density at radius 2 is 1.75 bits per heavy atom. The number of carbonyl (C=O) groups is 1. The number of amides is 1. The van der Waals surface area contributed by atoms with Crippen LogP contribution in [0.15, 0.2) is 29.2 Å². The first-order valence-corrected chi connectivity index (χ1v) is 15.4. The number of alkyl halides is 3. The van der Waals surface area contributed by atoms with Crippen LogP contribution in [-0.2, 0) is 17.5 Å². The number of nitrogens with one attached hydrogen (secondary N) is 1. The Morgan fingerprint density at radius 1 is 1.07 bits per heavy atom. The molecule has 1 saturated carbocycles. The SMILES string of the molecule is CCN(Sc1ccc(-c2cc(C(=O)NC3CCOCC3)c(C)n2CC2CCCCC2)cc1C(F)(F)F)C(C)(C)C. The third-order valence-corrected chi connectivity index (χ3v) is 9.74. The number of hydrogen-bond acceptors (Lipinski definition) is 4. The van der Waals surface area contributed by atoms with Gasteiger partial charge in [0.15, 0.2) is 0 Å². The summed E-state index contributed by atoms with van der Waals surface area (Å²) in [5.41, 5.74) is 1.56. The number of carbonyl (C=O) groups excluding carboxylic acids is 1. The van der Waals surface area contributed by atoms with Gasteiger partial charge in [0, 0.05) is 54.2 Å². The molecule has 1 saturated heterocycles. The van der Waals surface area contributed by atoms with E-state index in [4.69, 9.17) is 4.74 Å². The van der Waals surface area contributed by atoms with E-state index in [0.717, 1.165) is 43.3 Å². The van der Waals surface area contributed by atoms with Crippen LogP contribution in [0.5, 0.6) is 0 Å². The highest BCUT2D eigenvalue weighted by Crippen LogP contribution is 2.42. The van der Waals surface area contributed by atoms with Crippen molar-refractivity contribution in [3.63, 3.8) is 0 Å². The summed E-state index contributed by atoms with van der Waals surface area (Å²) in [7, 11) is 0. The first-order valence-electron chi connectivity index (χ1n) is 14.6. The summed E-state index contributed by atoms with van der Waals surface area (Å²) in [5.74, 6) is 0.284. The van der Waals surface area contributed by atoms with Crippen LogP contribution in [0, 0.1) is 12.8 Å². The average Bonchev–Trinajstić information content (AvgIpc) is 3.23. The van der Waals surface area contributed by atoms with E-state index in [1.165, 1.54) is 25.3 Å². The van der Waals surface area contributed by atoms with Gasteiger partial charge in [-0.1, -0.05) is 32.3 Å². The molecule has 0 atom stereocenters. The lowest BCUT2D eigenvalue weighted by atomic mass is 9.89. The highest BCUT2D eigenvalue weighted by atomic mass is 32.2. The summed E-state index contributed by atoms with van der Waals surface area (Å²) in [6.07, 6.45) is 2.79. The zero-order valence-corrected chi connectivity index (χ0v) is 25.3. The molecule has 0 radical (unpaired) electrons. The zero-order valence-electron chi connectivity index (χ0n) is 24.5. The van der Waals surface area contributed by atoms with Gasteiger partial charge in [-0.05, 0) is 95.0 Å². The van der Waals surface area contributed by atoms with Crippen molar-refractivity contribution >= 4 is 17.9 Å². The normalized spacial score (nSPS) is 17.9. The van der Waals surface area contributed by atoms with Crippen molar-refractivity contribution in [2.45, 2.75) is 109 Å². The molecular formula is C31H44F3N3O2S. The van der Waals surface area contributed by atoms with Crippen molar-refractivity contribution in [2.75, 3.05) is 19.8 Å². The van der Waals surface area contributed by atoms with Crippen molar-refractivity contribution in [3.05, 3.63) is 41.1 Å². The van der Waals surface area contributed by atoms with Crippen molar-refractivity contribution in [2.24, 2.45) is 5.92 Å². The fraction of sp³-hybridized carbons (Fsp3) is 0.645. The summed E-state index contributed by atoms with van der Waals surface area (Å²) in [4.78, 5) is 13.6. The van der Waals surface area contributed by atoms with Gasteiger partial charge >= 0.3 is 6.18 Å². The van der Waals surface area contributed by atoms with E-state index in [2.05, 4.69) is 9.88 Å². The van der Waals surface area contributed by atoms with E-state index >= 15 is 0 Å². The van der Waals surface area contributed by atoms with E-state index in [-0.39, 0.29) is 22.4 Å². The van der Waals surface area contributed by atoms with E-state index in [1.807, 2.05) is 38.9 Å². The van der Waals surface area contributed by atoms with Crippen molar-refractivity contribution < 1.29 is 22.7 Å². The molecule has 0 unspecified atom stereocenters. The molecule has 2 aliphatic rings. The second-order valence-electron chi connectivity index (χ2n) is 12.2. The van der Waals surface area contributed by atoms with Crippen molar-refractivity contribution in [1.82, 2.24) is 14.2 Å². The van der Waals surface area contributed by atoms with E-state index in [1.54, 1.807) is 18.2 Å². The fourth-order valence-electron chi connectivity index (χ4n) is 5.87. The standard InChI is InChI=1S/C31H44F3N3O2S/c1-6-37(30(3,4)5)40-28-13-12-23(18-26(28)31(32,33)34)27-19-25(29(38)35-24-14-16-39-17-15-24)21(2)36(27)20-22-10-8-7-9-11-22/h12-13,18-19,22,24H,6-11,14-17,20H2,1-5H3,(H,35,38). The number of benzene rings is 1. The molecule has 0 bridgehead atoms. The van der Waals surface area contributed by atoms with Gasteiger partial charge in [-0.3, -0.25) is 4.79 Å². The quantitative estimate of drug-likeness (QED) is 0.321. The van der Waals surface area contributed by atoms with Gasteiger partial charge in [-0.2, -0.15) is 13.2 Å². The Bertz CT molecular complexity index is 1160. The largest absolute Gasteiger partial charge is 0.417 e. The molecular weight excluding hydrogens is 535 g/mol. The van der Waals surface area contributed by atoms with Gasteiger partial charge in [0.2, 0.25) is 0 Å². The average molecular weight is 580 g/mol. The first kappa shape index (κ1) is 31.0. The maximum atomic E-state index is 14.4. The third-order valence-electron chi connectivity index (χ3n) is 8.16. The molecule has 222 valence electrons. The molecule has 1 aromatic heterocycles. The number of nitrogens with zero attached hydrogens (tertiary/aromatic N) is 2. The Labute approximate surface area is 241 Å². The third kappa shape index (κ3) is 7.45. The maximum Gasteiger partial charge on any atom is 0.417 e. The molecule has 4 rings (SSSR count). The van der Waals surface area contributed by atoms with Crippen LogP contribution in [0.3, 0.4) is 0 Å². The Morgan fingerprint density at radius 3 is 2.35 bits per heavy atom. The van der Waals surface area contributed by atoms with Crippen molar-refractivity contribution in [1.29, 1.82) is 0 Å². The second kappa shape index (κ2) is 12.9. The number of ether oxygens (including phenoxy) is 1. The van der Waals surface area contributed by atoms with Gasteiger partial charge in [-0.15, -0.1) is 0 Å². The van der Waals surface area contributed by atoms with Crippen LogP contribution in [0.4, 0.5) is 13.2 Å². The molecule has 1 aliphatic carbocycles. The molecule has 9 heteroatoms. The highest BCUT2D eigenvalue weighted by Gasteiger charge is 2.36. The minimum absolute atomic E-state index is 0.0447. The highest BCUT2D eigenvalue weighted by molar-refractivity contribution is 7.97. The minimum Gasteiger partial charge on any atom is -0.381 e. The molecule has 1 aliphatic heterocycles. The van der Waals surface area contributed by atoms with Gasteiger partial charge in [0.25, 0.3) is 5.91 Å². The smallest absolute Gasteiger partial charge is 0.381 e. The van der Waals surface area contributed by atoms with E-state index in [0.29, 0.717) is 49.0 Å². The van der Waals surface area contributed by atoms with Crippen LogP contribution < -0.4 is 5.32 Å². The molecule has 2 fully saturated rings. The number of halogens is 3. The lowest BCUT2D eigenvalue weighted by Crippen LogP contribution is -2.39. The fourth-order valence-corrected chi connectivity index (χ4v) is 6.91. The summed E-state index contributed by atoms with van der Waals surface area (Å²) in [6, 6.07) is 6.48. The summed E-state index contributed by atoms with van der Waals surface area (Å²) in [5, 5.41) is 3.14. The molecule has 2 heterocycles. The second-order valence-corrected chi connectivity index (χ2v) is 13.2. The lowest BCUT2D eigenvalue weighted by Gasteiger charge is -2.34.